The molecule has 8 unspecified atom stereocenters. The van der Waals surface area contributed by atoms with Crippen molar-refractivity contribution in [2.24, 2.45) is 0 Å². The SMILES string of the molecule is P[P-]P(P(P)P)P(P(P)P)P(P)P. The summed E-state index contributed by atoms with van der Waals surface area (Å²) >= 11 is 0. The molecule has 0 bridgehead atoms. The van der Waals surface area contributed by atoms with Crippen LogP contribution in [0, 0.1) is 0 Å². The highest BCUT2D eigenvalue weighted by atomic mass is 33.3. The minimum absolute atomic E-state index is 0.102. The van der Waals surface area contributed by atoms with Crippen LogP contribution in [0.5, 0.6) is 0 Å². The first-order chi connectivity index (χ1) is 5.91. The third-order valence-electron chi connectivity index (χ3n) is 0.883. The van der Waals surface area contributed by atoms with Crippen LogP contribution in [0.2, 0.25) is 0 Å². The quantitative estimate of drug-likeness (QED) is 0.408. The van der Waals surface area contributed by atoms with E-state index >= 15 is 0 Å². The van der Waals surface area contributed by atoms with Crippen molar-refractivity contribution in [3.8, 4) is 0 Å². The molecule has 0 aliphatic heterocycles. The molecule has 0 aliphatic rings. The van der Waals surface area contributed by atoms with Gasteiger partial charge in [0.25, 0.3) is 0 Å². The first-order valence-corrected chi connectivity index (χ1v) is 25.3. The van der Waals surface area contributed by atoms with Gasteiger partial charge in [-0.2, -0.15) is 6.99 Å². The smallest absolute Gasteiger partial charge is 0.0361 e. The van der Waals surface area contributed by atoms with Gasteiger partial charge in [0, 0.05) is 0 Å². The first-order valence-electron chi connectivity index (χ1n) is 2.81. The molecule has 13 heavy (non-hydrogen) atoms. The Morgan fingerprint density at radius 1 is 0.692 bits per heavy atom. The minimum atomic E-state index is 0.102. The maximum absolute atomic E-state index is 3.02. The third kappa shape index (κ3) is 7.68. The van der Waals surface area contributed by atoms with Crippen molar-refractivity contribution in [1.29, 1.82) is 0 Å². The van der Waals surface area contributed by atoms with Gasteiger partial charge in [0.1, 0.15) is 0 Å². The summed E-state index contributed by atoms with van der Waals surface area (Å²) in [6, 6.07) is 0. The van der Waals surface area contributed by atoms with Gasteiger partial charge in [-0.3, -0.25) is 8.93 Å². The van der Waals surface area contributed by atoms with E-state index in [1.165, 1.54) is 0 Å². The summed E-state index contributed by atoms with van der Waals surface area (Å²) in [6.07, 6.45) is 0. The molecule has 0 radical (unpaired) electrons. The van der Waals surface area contributed by atoms with E-state index < -0.39 is 0 Å². The highest BCUT2D eigenvalue weighted by Crippen LogP contribution is 3.18. The van der Waals surface area contributed by atoms with Crippen molar-refractivity contribution in [3.63, 3.8) is 0 Å². The number of hydrogen-bond acceptors (Lipinski definition) is 0. The Balaban J connectivity index is 4.49. The Kier molecular flexibility index (Phi) is 14.9. The van der Waals surface area contributed by atoms with Crippen molar-refractivity contribution < 1.29 is 0 Å². The zero-order valence-electron chi connectivity index (χ0n) is 6.72. The Labute approximate surface area is 105 Å². The van der Waals surface area contributed by atoms with E-state index in [9.17, 15) is 0 Å². The van der Waals surface area contributed by atoms with E-state index in [1.807, 2.05) is 0 Å². The average molecular weight is 417 g/mol. The lowest BCUT2D eigenvalue weighted by Crippen LogP contribution is -1.45. The second kappa shape index (κ2) is 10.4. The zero-order chi connectivity index (χ0) is 10.6. The Morgan fingerprint density at radius 2 is 1.08 bits per heavy atom. The molecular weight excluding hydrogens is 403 g/mol. The molecule has 0 aromatic rings. The lowest BCUT2D eigenvalue weighted by Gasteiger charge is -2.43. The predicted molar refractivity (Wildman–Crippen MR) is 109 cm³/mol. The van der Waals surface area contributed by atoms with Gasteiger partial charge < -0.3 is 7.96 Å². The van der Waals surface area contributed by atoms with E-state index in [4.69, 9.17) is 0 Å². The molecule has 0 N–H and O–H groups in total. The Hall–Kier alpha value is 5.59. The summed E-state index contributed by atoms with van der Waals surface area (Å²) in [4.78, 5) is 0. The van der Waals surface area contributed by atoms with Crippen molar-refractivity contribution in [2.45, 2.75) is 0 Å². The summed E-state index contributed by atoms with van der Waals surface area (Å²) in [6.45, 7) is 0.733. The highest BCUT2D eigenvalue weighted by Gasteiger charge is 2.21. The molecule has 0 amide bonds. The Morgan fingerprint density at radius 3 is 1.15 bits per heavy atom. The van der Waals surface area contributed by atoms with Gasteiger partial charge in [-0.05, 0) is 21.0 Å². The molecule has 13 heteroatoms. The van der Waals surface area contributed by atoms with Crippen LogP contribution < -0.4 is 0 Å². The van der Waals surface area contributed by atoms with Crippen LogP contribution in [0.1, 0.15) is 0 Å². The maximum atomic E-state index is 3.02. The van der Waals surface area contributed by atoms with Crippen molar-refractivity contribution in [2.75, 3.05) is 0 Å². The van der Waals surface area contributed by atoms with Gasteiger partial charge in [0.2, 0.25) is 0 Å². The Bertz CT molecular complexity index is 114. The van der Waals surface area contributed by atoms with Crippen molar-refractivity contribution >= 4 is 105 Å². The molecule has 80 valence electrons. The van der Waals surface area contributed by atoms with Gasteiger partial charge in [-0.25, -0.2) is 0 Å². The van der Waals surface area contributed by atoms with E-state index in [0.717, 1.165) is 0 Å². The monoisotopic (exact) mass is 417 g/mol. The van der Waals surface area contributed by atoms with Crippen LogP contribution in [0.4, 0.5) is 0 Å². The molecule has 0 spiro atoms. The lowest BCUT2D eigenvalue weighted by molar-refractivity contribution is 4.61. The molecule has 0 saturated carbocycles. The fourth-order valence-corrected chi connectivity index (χ4v) is 122. The minimum Gasteiger partial charge on any atom is -0.471 e. The van der Waals surface area contributed by atoms with Crippen LogP contribution in [-0.4, -0.2) is 0 Å². The van der Waals surface area contributed by atoms with E-state index in [0.29, 0.717) is 0 Å². The topological polar surface area (TPSA) is 0 Å². The van der Waals surface area contributed by atoms with Gasteiger partial charge in [-0.15, -0.1) is 53.6 Å². The van der Waals surface area contributed by atoms with Gasteiger partial charge in [0.15, 0.2) is 0 Å². The summed E-state index contributed by atoms with van der Waals surface area (Å²) in [5.41, 5.74) is 0. The summed E-state index contributed by atoms with van der Waals surface area (Å²) in [7, 11) is 22.6. The second-order valence-electron chi connectivity index (χ2n) is 1.79. The van der Waals surface area contributed by atoms with E-state index in [-0.39, 0.29) is 34.9 Å². The third-order valence-corrected chi connectivity index (χ3v) is 71.5. The van der Waals surface area contributed by atoms with Gasteiger partial charge >= 0.3 is 0 Å². The maximum Gasteiger partial charge on any atom is -0.0361 e. The number of hydrogen-bond donors (Lipinski definition) is 0. The summed E-state index contributed by atoms with van der Waals surface area (Å²) in [5, 5.41) is 0. The van der Waals surface area contributed by atoms with Crippen LogP contribution in [0.15, 0.2) is 0 Å². The molecular formula is H14P13-. The van der Waals surface area contributed by atoms with Crippen molar-refractivity contribution in [3.05, 3.63) is 0 Å². The highest BCUT2D eigenvalue weighted by molar-refractivity contribution is 9.24. The van der Waals surface area contributed by atoms with E-state index in [1.54, 1.807) is 7.96 Å². The standard InChI is InChI=1S/H14P13/c1-8-12(9(2)3)13(10(4)5)11(6)7/h1-7H2/q-1. The average Bonchev–Trinajstić information content (AvgIpc) is 1.97. The molecule has 0 heterocycles. The van der Waals surface area contributed by atoms with Crippen LogP contribution in [-0.2, 0) is 0 Å². The zero-order valence-corrected chi connectivity index (χ0v) is 20.2. The summed E-state index contributed by atoms with van der Waals surface area (Å²) < 4.78 is 0. The fourth-order valence-electron chi connectivity index (χ4n) is 0.502. The van der Waals surface area contributed by atoms with Crippen molar-refractivity contribution in [1.82, 2.24) is 0 Å². The van der Waals surface area contributed by atoms with Crippen LogP contribution in [0.3, 0.4) is 0 Å². The summed E-state index contributed by atoms with van der Waals surface area (Å²) in [5.74, 6) is 0. The van der Waals surface area contributed by atoms with Gasteiger partial charge in [-0.1, -0.05) is 6.99 Å². The fraction of sp³-hybridized carbons (Fsp3) is 0. The number of rotatable bonds is 5. The van der Waals surface area contributed by atoms with Crippen LogP contribution in [0.25, 0.3) is 0 Å². The molecule has 0 saturated heterocycles. The molecule has 0 nitrogen and oxygen atoms in total. The largest absolute Gasteiger partial charge is 0.471 e. The molecule has 0 aliphatic carbocycles. The normalized spacial score (nSPS) is 15.9. The molecule has 0 rings (SSSR count). The van der Waals surface area contributed by atoms with E-state index in [2.05, 4.69) is 62.5 Å². The predicted octanol–water partition coefficient (Wildman–Crippen LogP) is 7.45. The second-order valence-corrected chi connectivity index (χ2v) is 48.4. The molecule has 0 aromatic heterocycles. The molecule has 0 fully saturated rings. The first kappa shape index (κ1) is 18.6. The molecule has 0 aromatic carbocycles. The van der Waals surface area contributed by atoms with Crippen LogP contribution >= 0.6 is 105 Å². The lowest BCUT2D eigenvalue weighted by atomic mass is 28.7. The molecule has 8 atom stereocenters. The van der Waals surface area contributed by atoms with Gasteiger partial charge in [0.05, 0.1) is 0 Å².